The molecule has 1 unspecified atom stereocenters. The summed E-state index contributed by atoms with van der Waals surface area (Å²) in [4.78, 5) is 0. The van der Waals surface area contributed by atoms with Gasteiger partial charge in [0.25, 0.3) is 0 Å². The van der Waals surface area contributed by atoms with E-state index in [0.29, 0.717) is 0 Å². The number of hydrogen-bond acceptors (Lipinski definition) is 1. The van der Waals surface area contributed by atoms with Crippen LogP contribution in [-0.2, 0) is 0 Å². The van der Waals surface area contributed by atoms with E-state index in [1.807, 2.05) is 0 Å². The molecular weight excluding hydrogens is 98.1 g/mol. The molecule has 1 saturated heterocycles. The molecule has 0 aromatic rings. The average molecular weight is 113 g/mol. The van der Waals surface area contributed by atoms with Gasteiger partial charge in [0.15, 0.2) is 0 Å². The second-order valence-corrected chi connectivity index (χ2v) is 3.08. The van der Waals surface area contributed by atoms with E-state index in [1.165, 1.54) is 19.4 Å². The molecule has 0 bridgehead atoms. The summed E-state index contributed by atoms with van der Waals surface area (Å²) in [6, 6.07) is 0.886. The highest BCUT2D eigenvalue weighted by Gasteiger charge is 2.18. The first kappa shape index (κ1) is 6.09. The van der Waals surface area contributed by atoms with Crippen LogP contribution in [0.2, 0.25) is 0 Å². The lowest BCUT2D eigenvalue weighted by atomic mass is 10.1. The van der Waals surface area contributed by atoms with Gasteiger partial charge in [-0.3, -0.25) is 0 Å². The third kappa shape index (κ3) is 2.31. The molecule has 1 nitrogen and oxygen atoms in total. The van der Waals surface area contributed by atoms with Crippen LogP contribution >= 0.6 is 0 Å². The highest BCUT2D eigenvalue weighted by molar-refractivity contribution is 4.82. The van der Waals surface area contributed by atoms with Gasteiger partial charge in [0.1, 0.15) is 0 Å². The molecule has 1 atom stereocenters. The predicted molar refractivity (Wildman–Crippen MR) is 35.9 cm³/mol. The number of hydrogen-bond donors (Lipinski definition) is 1. The highest BCUT2D eigenvalue weighted by Crippen LogP contribution is 2.11. The van der Waals surface area contributed by atoms with E-state index in [9.17, 15) is 0 Å². The first-order valence-electron chi connectivity index (χ1n) is 3.52. The molecule has 0 saturated carbocycles. The molecule has 48 valence electrons. The average Bonchev–Trinajstić information content (AvgIpc) is 2.41. The Morgan fingerprint density at radius 3 is 2.62 bits per heavy atom. The number of rotatable bonds is 3. The Balaban J connectivity index is 1.87. The number of nitrogens with one attached hydrogen (secondary N) is 1. The summed E-state index contributed by atoms with van der Waals surface area (Å²) in [7, 11) is 0. The van der Waals surface area contributed by atoms with E-state index in [-0.39, 0.29) is 0 Å². The minimum Gasteiger partial charge on any atom is -0.311 e. The van der Waals surface area contributed by atoms with Crippen molar-refractivity contribution in [1.29, 1.82) is 0 Å². The van der Waals surface area contributed by atoms with Gasteiger partial charge in [-0.2, -0.15) is 0 Å². The largest absolute Gasteiger partial charge is 0.311 e. The SMILES string of the molecule is CC(C)CCC1CN1. The summed E-state index contributed by atoms with van der Waals surface area (Å²) in [6.45, 7) is 5.83. The topological polar surface area (TPSA) is 21.9 Å². The van der Waals surface area contributed by atoms with Crippen molar-refractivity contribution in [2.45, 2.75) is 32.7 Å². The lowest BCUT2D eigenvalue weighted by molar-refractivity contribution is 0.552. The van der Waals surface area contributed by atoms with Crippen molar-refractivity contribution in [2.24, 2.45) is 5.92 Å². The second-order valence-electron chi connectivity index (χ2n) is 3.08. The zero-order valence-corrected chi connectivity index (χ0v) is 5.78. The fraction of sp³-hybridized carbons (Fsp3) is 1.00. The fourth-order valence-electron chi connectivity index (χ4n) is 0.822. The lowest BCUT2D eigenvalue weighted by Crippen LogP contribution is -1.94. The Kier molecular flexibility index (Phi) is 1.90. The molecule has 1 fully saturated rings. The first-order valence-corrected chi connectivity index (χ1v) is 3.52. The Morgan fingerprint density at radius 2 is 2.25 bits per heavy atom. The molecule has 1 heterocycles. The quantitative estimate of drug-likeness (QED) is 0.549. The van der Waals surface area contributed by atoms with Gasteiger partial charge in [0, 0.05) is 12.6 Å². The molecule has 8 heavy (non-hydrogen) atoms. The highest BCUT2D eigenvalue weighted by atomic mass is 15.1. The smallest absolute Gasteiger partial charge is 0.0193 e. The standard InChI is InChI=1S/C7H15N/c1-6(2)3-4-7-5-8-7/h6-8H,3-5H2,1-2H3. The minimum absolute atomic E-state index is 0.886. The molecule has 1 aliphatic rings. The van der Waals surface area contributed by atoms with Crippen LogP contribution in [0.25, 0.3) is 0 Å². The van der Waals surface area contributed by atoms with Gasteiger partial charge < -0.3 is 5.32 Å². The van der Waals surface area contributed by atoms with Gasteiger partial charge >= 0.3 is 0 Å². The van der Waals surface area contributed by atoms with Gasteiger partial charge in [-0.15, -0.1) is 0 Å². The Hall–Kier alpha value is -0.0400. The molecule has 0 aromatic heterocycles. The van der Waals surface area contributed by atoms with Crippen LogP contribution in [0.4, 0.5) is 0 Å². The summed E-state index contributed by atoms with van der Waals surface area (Å²) in [5.74, 6) is 0.886. The minimum atomic E-state index is 0.886. The normalized spacial score (nSPS) is 26.6. The van der Waals surface area contributed by atoms with Crippen molar-refractivity contribution in [3.8, 4) is 0 Å². The van der Waals surface area contributed by atoms with E-state index in [0.717, 1.165) is 12.0 Å². The third-order valence-electron chi connectivity index (χ3n) is 1.59. The van der Waals surface area contributed by atoms with Crippen molar-refractivity contribution in [1.82, 2.24) is 5.32 Å². The van der Waals surface area contributed by atoms with Crippen LogP contribution in [-0.4, -0.2) is 12.6 Å². The van der Waals surface area contributed by atoms with E-state index in [1.54, 1.807) is 0 Å². The van der Waals surface area contributed by atoms with E-state index < -0.39 is 0 Å². The summed E-state index contributed by atoms with van der Waals surface area (Å²) >= 11 is 0. The molecule has 1 aliphatic heterocycles. The van der Waals surface area contributed by atoms with E-state index in [4.69, 9.17) is 0 Å². The Morgan fingerprint density at radius 1 is 1.62 bits per heavy atom. The molecule has 1 heteroatoms. The Labute approximate surface area is 51.5 Å². The molecule has 0 spiro atoms. The molecule has 1 rings (SSSR count). The van der Waals surface area contributed by atoms with Crippen LogP contribution in [0.5, 0.6) is 0 Å². The molecule has 0 aliphatic carbocycles. The predicted octanol–water partition coefficient (Wildman–Crippen LogP) is 1.39. The van der Waals surface area contributed by atoms with Crippen molar-refractivity contribution < 1.29 is 0 Å². The summed E-state index contributed by atoms with van der Waals surface area (Å²) < 4.78 is 0. The van der Waals surface area contributed by atoms with Crippen molar-refractivity contribution in [3.63, 3.8) is 0 Å². The monoisotopic (exact) mass is 113 g/mol. The first-order chi connectivity index (χ1) is 3.79. The lowest BCUT2D eigenvalue weighted by Gasteiger charge is -1.99. The molecule has 0 amide bonds. The zero-order chi connectivity index (χ0) is 5.98. The van der Waals surface area contributed by atoms with Crippen molar-refractivity contribution in [2.75, 3.05) is 6.54 Å². The van der Waals surface area contributed by atoms with Crippen LogP contribution in [0.1, 0.15) is 26.7 Å². The molecule has 0 aromatic carbocycles. The fourth-order valence-corrected chi connectivity index (χ4v) is 0.822. The molecule has 1 N–H and O–H groups in total. The van der Waals surface area contributed by atoms with Gasteiger partial charge in [0.2, 0.25) is 0 Å². The van der Waals surface area contributed by atoms with E-state index >= 15 is 0 Å². The zero-order valence-electron chi connectivity index (χ0n) is 5.78. The van der Waals surface area contributed by atoms with Gasteiger partial charge in [-0.05, 0) is 18.8 Å². The van der Waals surface area contributed by atoms with Crippen molar-refractivity contribution >= 4 is 0 Å². The maximum absolute atomic E-state index is 3.29. The van der Waals surface area contributed by atoms with Crippen LogP contribution in [0.3, 0.4) is 0 Å². The van der Waals surface area contributed by atoms with Crippen LogP contribution in [0.15, 0.2) is 0 Å². The van der Waals surface area contributed by atoms with Gasteiger partial charge in [-0.1, -0.05) is 13.8 Å². The van der Waals surface area contributed by atoms with Gasteiger partial charge in [-0.25, -0.2) is 0 Å². The maximum atomic E-state index is 3.29. The molecule has 0 radical (unpaired) electrons. The van der Waals surface area contributed by atoms with Crippen molar-refractivity contribution in [3.05, 3.63) is 0 Å². The Bertz CT molecular complexity index is 62.8. The van der Waals surface area contributed by atoms with Crippen LogP contribution < -0.4 is 5.32 Å². The van der Waals surface area contributed by atoms with E-state index in [2.05, 4.69) is 19.2 Å². The summed E-state index contributed by atoms with van der Waals surface area (Å²) in [6.07, 6.45) is 2.77. The summed E-state index contributed by atoms with van der Waals surface area (Å²) in [5, 5.41) is 3.29. The maximum Gasteiger partial charge on any atom is 0.0193 e. The van der Waals surface area contributed by atoms with Gasteiger partial charge in [0.05, 0.1) is 0 Å². The molecular formula is C7H15N. The van der Waals surface area contributed by atoms with Crippen LogP contribution in [0, 0.1) is 5.92 Å². The third-order valence-corrected chi connectivity index (χ3v) is 1.59. The second kappa shape index (κ2) is 2.49. The summed E-state index contributed by atoms with van der Waals surface area (Å²) in [5.41, 5.74) is 0.